The third-order valence-electron chi connectivity index (χ3n) is 4.38. The molecule has 0 radical (unpaired) electrons. The van der Waals surface area contributed by atoms with E-state index in [4.69, 9.17) is 10.7 Å². The summed E-state index contributed by atoms with van der Waals surface area (Å²) in [6, 6.07) is 6.41. The Morgan fingerprint density at radius 2 is 1.95 bits per heavy atom. The Labute approximate surface area is 114 Å². The van der Waals surface area contributed by atoms with Gasteiger partial charge in [-0.05, 0) is 44.4 Å². The molecule has 0 amide bonds. The van der Waals surface area contributed by atoms with Gasteiger partial charge in [0.15, 0.2) is 0 Å². The van der Waals surface area contributed by atoms with Crippen molar-refractivity contribution in [2.45, 2.75) is 51.0 Å². The molecular formula is C16H23N3. The van der Waals surface area contributed by atoms with Gasteiger partial charge in [0.05, 0.1) is 11.0 Å². The van der Waals surface area contributed by atoms with E-state index in [0.717, 1.165) is 5.52 Å². The van der Waals surface area contributed by atoms with E-state index in [1.54, 1.807) is 0 Å². The highest BCUT2D eigenvalue weighted by Gasteiger charge is 2.23. The number of nitrogens with two attached hydrogens (primary N) is 1. The van der Waals surface area contributed by atoms with Crippen LogP contribution in [0.5, 0.6) is 0 Å². The van der Waals surface area contributed by atoms with Crippen molar-refractivity contribution in [1.82, 2.24) is 9.55 Å². The summed E-state index contributed by atoms with van der Waals surface area (Å²) in [7, 11) is 2.14. The van der Waals surface area contributed by atoms with Gasteiger partial charge in [0.1, 0.15) is 5.82 Å². The second-order valence-corrected chi connectivity index (χ2v) is 6.44. The van der Waals surface area contributed by atoms with Crippen molar-refractivity contribution in [2.24, 2.45) is 12.8 Å². The molecule has 1 fully saturated rings. The molecule has 0 spiro atoms. The highest BCUT2D eigenvalue weighted by atomic mass is 15.1. The molecule has 102 valence electrons. The second kappa shape index (κ2) is 4.34. The zero-order valence-electron chi connectivity index (χ0n) is 12.1. The van der Waals surface area contributed by atoms with Crippen LogP contribution in [0.4, 0.5) is 0 Å². The van der Waals surface area contributed by atoms with Gasteiger partial charge in [0.2, 0.25) is 0 Å². The predicted octanol–water partition coefficient (Wildman–Crippen LogP) is 3.42. The fourth-order valence-electron chi connectivity index (χ4n) is 3.16. The zero-order valence-corrected chi connectivity index (χ0v) is 12.1. The molecule has 1 aliphatic carbocycles. The molecule has 0 saturated heterocycles. The zero-order chi connectivity index (χ0) is 13.6. The quantitative estimate of drug-likeness (QED) is 0.895. The molecule has 1 aromatic heterocycles. The van der Waals surface area contributed by atoms with Crippen LogP contribution in [0.3, 0.4) is 0 Å². The third-order valence-corrected chi connectivity index (χ3v) is 4.38. The smallest absolute Gasteiger partial charge is 0.112 e. The third kappa shape index (κ3) is 2.16. The fraction of sp³-hybridized carbons (Fsp3) is 0.562. The minimum Gasteiger partial charge on any atom is -0.331 e. The first-order chi connectivity index (χ1) is 8.97. The topological polar surface area (TPSA) is 43.8 Å². The number of imidazole rings is 1. The lowest BCUT2D eigenvalue weighted by Gasteiger charge is -2.19. The largest absolute Gasteiger partial charge is 0.331 e. The lowest BCUT2D eigenvalue weighted by Crippen LogP contribution is -2.28. The highest BCUT2D eigenvalue weighted by Crippen LogP contribution is 2.35. The van der Waals surface area contributed by atoms with Gasteiger partial charge in [-0.3, -0.25) is 0 Å². The van der Waals surface area contributed by atoms with Gasteiger partial charge in [0.25, 0.3) is 0 Å². The average Bonchev–Trinajstić information content (AvgIpc) is 2.96. The molecule has 19 heavy (non-hydrogen) atoms. The second-order valence-electron chi connectivity index (χ2n) is 6.44. The molecule has 0 unspecified atom stereocenters. The lowest BCUT2D eigenvalue weighted by molar-refractivity contribution is 0.555. The first-order valence-corrected chi connectivity index (χ1v) is 7.22. The molecule has 3 heteroatoms. The van der Waals surface area contributed by atoms with Crippen molar-refractivity contribution < 1.29 is 0 Å². The van der Waals surface area contributed by atoms with Gasteiger partial charge < -0.3 is 10.3 Å². The summed E-state index contributed by atoms with van der Waals surface area (Å²) in [4.78, 5) is 4.84. The Morgan fingerprint density at radius 1 is 1.26 bits per heavy atom. The van der Waals surface area contributed by atoms with E-state index < -0.39 is 0 Å². The summed E-state index contributed by atoms with van der Waals surface area (Å²) in [6.45, 7) is 4.09. The Kier molecular flexibility index (Phi) is 2.90. The minimum absolute atomic E-state index is 0.300. The number of nitrogens with zero attached hydrogens (tertiary/aromatic N) is 2. The standard InChI is InChI=1S/C16H23N3/c1-16(2,17)12-8-9-13-14(10-12)19(3)15(18-13)11-6-4-5-7-11/h8-11H,4-7,17H2,1-3H3. The molecule has 0 atom stereocenters. The number of rotatable bonds is 2. The van der Waals surface area contributed by atoms with Gasteiger partial charge in [-0.1, -0.05) is 18.9 Å². The van der Waals surface area contributed by atoms with E-state index in [1.165, 1.54) is 42.6 Å². The van der Waals surface area contributed by atoms with Crippen molar-refractivity contribution in [3.05, 3.63) is 29.6 Å². The number of hydrogen-bond acceptors (Lipinski definition) is 2. The van der Waals surface area contributed by atoms with E-state index in [9.17, 15) is 0 Å². The van der Waals surface area contributed by atoms with E-state index in [1.807, 2.05) is 13.8 Å². The maximum atomic E-state index is 6.20. The summed E-state index contributed by atoms with van der Waals surface area (Å²) in [6.07, 6.45) is 5.25. The van der Waals surface area contributed by atoms with Gasteiger partial charge in [-0.25, -0.2) is 4.98 Å². The number of fused-ring (bicyclic) bond motifs is 1. The van der Waals surface area contributed by atoms with Crippen LogP contribution < -0.4 is 5.73 Å². The molecule has 1 aromatic carbocycles. The van der Waals surface area contributed by atoms with Crippen molar-refractivity contribution in [1.29, 1.82) is 0 Å². The van der Waals surface area contributed by atoms with Crippen LogP contribution in [0.1, 0.15) is 56.8 Å². The molecule has 3 rings (SSSR count). The molecule has 1 aliphatic rings. The number of benzene rings is 1. The summed E-state index contributed by atoms with van der Waals surface area (Å²) in [5.41, 5.74) is 9.37. The van der Waals surface area contributed by atoms with Gasteiger partial charge in [-0.15, -0.1) is 0 Å². The summed E-state index contributed by atoms with van der Waals surface area (Å²) >= 11 is 0. The molecule has 1 saturated carbocycles. The maximum absolute atomic E-state index is 6.20. The molecule has 0 aliphatic heterocycles. The Bertz CT molecular complexity index is 598. The lowest BCUT2D eigenvalue weighted by atomic mass is 9.95. The summed E-state index contributed by atoms with van der Waals surface area (Å²) in [5, 5.41) is 0. The summed E-state index contributed by atoms with van der Waals surface area (Å²) < 4.78 is 2.26. The van der Waals surface area contributed by atoms with Crippen molar-refractivity contribution >= 4 is 11.0 Å². The van der Waals surface area contributed by atoms with Gasteiger partial charge in [0, 0.05) is 18.5 Å². The Hall–Kier alpha value is -1.35. The van der Waals surface area contributed by atoms with Crippen LogP contribution in [0.15, 0.2) is 18.2 Å². The van der Waals surface area contributed by atoms with E-state index in [0.29, 0.717) is 5.92 Å². The number of aryl methyl sites for hydroxylation is 1. The number of hydrogen-bond donors (Lipinski definition) is 1. The monoisotopic (exact) mass is 257 g/mol. The number of aromatic nitrogens is 2. The summed E-state index contributed by atoms with van der Waals surface area (Å²) in [5.74, 6) is 1.89. The molecule has 2 N–H and O–H groups in total. The van der Waals surface area contributed by atoms with Gasteiger partial charge in [-0.2, -0.15) is 0 Å². The minimum atomic E-state index is -0.300. The first-order valence-electron chi connectivity index (χ1n) is 7.22. The SMILES string of the molecule is Cn1c(C2CCCC2)nc2ccc(C(C)(C)N)cc21. The van der Waals surface area contributed by atoms with Crippen LogP contribution >= 0.6 is 0 Å². The van der Waals surface area contributed by atoms with Crippen LogP contribution in [-0.2, 0) is 12.6 Å². The van der Waals surface area contributed by atoms with Crippen LogP contribution in [0.2, 0.25) is 0 Å². The molecule has 3 nitrogen and oxygen atoms in total. The maximum Gasteiger partial charge on any atom is 0.112 e. The van der Waals surface area contributed by atoms with Crippen LogP contribution in [0, 0.1) is 0 Å². The van der Waals surface area contributed by atoms with Crippen LogP contribution in [0.25, 0.3) is 11.0 Å². The van der Waals surface area contributed by atoms with E-state index in [-0.39, 0.29) is 5.54 Å². The Balaban J connectivity index is 2.10. The molecular weight excluding hydrogens is 234 g/mol. The molecule has 1 heterocycles. The Morgan fingerprint density at radius 3 is 2.58 bits per heavy atom. The fourth-order valence-corrected chi connectivity index (χ4v) is 3.16. The highest BCUT2D eigenvalue weighted by molar-refractivity contribution is 5.77. The van der Waals surface area contributed by atoms with Crippen LogP contribution in [-0.4, -0.2) is 9.55 Å². The normalized spacial score (nSPS) is 17.5. The molecule has 2 aromatic rings. The van der Waals surface area contributed by atoms with Crippen molar-refractivity contribution in [3.8, 4) is 0 Å². The molecule has 0 bridgehead atoms. The predicted molar refractivity (Wildman–Crippen MR) is 79.1 cm³/mol. The van der Waals surface area contributed by atoms with Crippen molar-refractivity contribution in [2.75, 3.05) is 0 Å². The van der Waals surface area contributed by atoms with E-state index >= 15 is 0 Å². The van der Waals surface area contributed by atoms with Crippen molar-refractivity contribution in [3.63, 3.8) is 0 Å². The van der Waals surface area contributed by atoms with Gasteiger partial charge >= 0.3 is 0 Å². The first kappa shape index (κ1) is 12.7. The van der Waals surface area contributed by atoms with E-state index in [2.05, 4.69) is 29.8 Å². The average molecular weight is 257 g/mol.